The molecule has 226 valence electrons. The number of ketones is 1. The van der Waals surface area contributed by atoms with Crippen LogP contribution in [0.4, 0.5) is 5.69 Å². The van der Waals surface area contributed by atoms with E-state index >= 15 is 0 Å². The van der Waals surface area contributed by atoms with Crippen LogP contribution in [0.15, 0.2) is 53.6 Å². The van der Waals surface area contributed by atoms with Crippen LogP contribution in [-0.2, 0) is 6.54 Å². The van der Waals surface area contributed by atoms with Gasteiger partial charge in [0, 0.05) is 23.5 Å². The predicted octanol–water partition coefficient (Wildman–Crippen LogP) is 10.2. The van der Waals surface area contributed by atoms with E-state index < -0.39 is 0 Å². The zero-order chi connectivity index (χ0) is 28.6. The number of amides is 1. The fraction of sp³-hybridized carbons (Fsp3) is 0.529. The van der Waals surface area contributed by atoms with Crippen molar-refractivity contribution in [3.05, 3.63) is 70.3 Å². The molecule has 2 aromatic rings. The Morgan fingerprint density at radius 2 is 1.51 bits per heavy atom. The molecule has 0 fully saturated rings. The van der Waals surface area contributed by atoms with Crippen molar-refractivity contribution >= 4 is 46.1 Å². The normalized spacial score (nSPS) is 12.6. The second-order valence-electron chi connectivity index (χ2n) is 10.9. The second kappa shape index (κ2) is 19.8. The van der Waals surface area contributed by atoms with Crippen molar-refractivity contribution in [3.8, 4) is 5.75 Å². The summed E-state index contributed by atoms with van der Waals surface area (Å²) < 4.78 is 5.99. The van der Waals surface area contributed by atoms with Crippen LogP contribution in [0, 0.1) is 0 Å². The molecule has 0 saturated carbocycles. The van der Waals surface area contributed by atoms with Crippen LogP contribution in [0.25, 0.3) is 0 Å². The average molecular weight is 646 g/mol. The number of carbonyl (C=O) groups excluding carboxylic acids is 2. The van der Waals surface area contributed by atoms with E-state index in [9.17, 15) is 9.59 Å². The number of Topliss-reactive ketones (excluding diaryl/α,β-unsaturated/α-hetero) is 1. The highest BCUT2D eigenvalue weighted by molar-refractivity contribution is 8.93. The zero-order valence-corrected chi connectivity index (χ0v) is 27.7. The van der Waals surface area contributed by atoms with Crippen LogP contribution >= 0.6 is 28.7 Å². The summed E-state index contributed by atoms with van der Waals surface area (Å²) in [6.45, 7) is 7.17. The van der Waals surface area contributed by atoms with Crippen molar-refractivity contribution in [1.82, 2.24) is 4.90 Å². The summed E-state index contributed by atoms with van der Waals surface area (Å²) >= 11 is 1.77. The molecule has 0 unspecified atom stereocenters. The van der Waals surface area contributed by atoms with Crippen LogP contribution in [-0.4, -0.2) is 29.1 Å². The number of ether oxygens (including phenoxy) is 1. The predicted molar refractivity (Wildman–Crippen MR) is 179 cm³/mol. The molecule has 0 atom stereocenters. The molecule has 1 amide bonds. The third-order valence-electron chi connectivity index (χ3n) is 7.48. The number of benzene rings is 2. The SMILES string of the molecule is Br.CCCCCCCCCCCCCCOc1ccc(NC(=O)c2ccccc2CN2CSC=C2C)cc1C(C)=O. The number of anilines is 1. The number of rotatable bonds is 19. The van der Waals surface area contributed by atoms with Crippen LogP contribution in [0.3, 0.4) is 0 Å². The molecule has 1 heterocycles. The number of hydrogen-bond donors (Lipinski definition) is 1. The van der Waals surface area contributed by atoms with Crippen LogP contribution in [0.5, 0.6) is 5.75 Å². The Kier molecular flexibility index (Phi) is 16.9. The maximum absolute atomic E-state index is 13.2. The lowest BCUT2D eigenvalue weighted by Crippen LogP contribution is -2.21. The third-order valence-corrected chi connectivity index (χ3v) is 8.45. The van der Waals surface area contributed by atoms with Gasteiger partial charge in [0.05, 0.1) is 18.0 Å². The van der Waals surface area contributed by atoms with Gasteiger partial charge in [0.1, 0.15) is 5.75 Å². The molecule has 0 bridgehead atoms. The molecular formula is C34H49BrN2O3S. The Bertz CT molecular complexity index is 1120. The number of halogens is 1. The van der Waals surface area contributed by atoms with E-state index in [1.807, 2.05) is 30.3 Å². The lowest BCUT2D eigenvalue weighted by molar-refractivity contribution is 0.100. The number of nitrogens with one attached hydrogen (secondary N) is 1. The molecule has 2 aromatic carbocycles. The molecule has 0 saturated heterocycles. The first-order valence-corrected chi connectivity index (χ1v) is 16.2. The lowest BCUT2D eigenvalue weighted by Gasteiger charge is -2.21. The smallest absolute Gasteiger partial charge is 0.256 e. The van der Waals surface area contributed by atoms with E-state index in [2.05, 4.69) is 29.5 Å². The van der Waals surface area contributed by atoms with Gasteiger partial charge in [-0.15, -0.1) is 28.7 Å². The monoisotopic (exact) mass is 644 g/mol. The molecule has 0 aliphatic carbocycles. The van der Waals surface area contributed by atoms with E-state index in [1.54, 1.807) is 23.9 Å². The van der Waals surface area contributed by atoms with E-state index in [1.165, 1.54) is 76.8 Å². The summed E-state index contributed by atoms with van der Waals surface area (Å²) in [4.78, 5) is 27.8. The van der Waals surface area contributed by atoms with Crippen molar-refractivity contribution in [2.45, 2.75) is 104 Å². The maximum Gasteiger partial charge on any atom is 0.256 e. The Hall–Kier alpha value is -2.25. The Balaban J connectivity index is 0.00000588. The standard InChI is InChI=1S/C34H48N2O3S.BrH/c1-4-5-6-7-8-9-10-11-12-13-14-17-22-39-33-21-20-30(23-32(33)28(3)37)35-34(38)31-19-16-15-18-29(31)24-36-26-40-25-27(36)2;/h15-16,18-21,23,25H,4-14,17,22,24,26H2,1-3H3,(H,35,38);1H. The topological polar surface area (TPSA) is 58.6 Å². The Morgan fingerprint density at radius 1 is 0.878 bits per heavy atom. The van der Waals surface area contributed by atoms with Crippen molar-refractivity contribution in [2.75, 3.05) is 17.8 Å². The summed E-state index contributed by atoms with van der Waals surface area (Å²) in [7, 11) is 0. The first-order valence-electron chi connectivity index (χ1n) is 15.2. The van der Waals surface area contributed by atoms with Crippen LogP contribution < -0.4 is 10.1 Å². The van der Waals surface area contributed by atoms with Crippen molar-refractivity contribution in [2.24, 2.45) is 0 Å². The highest BCUT2D eigenvalue weighted by atomic mass is 79.9. The highest BCUT2D eigenvalue weighted by Gasteiger charge is 2.18. The van der Waals surface area contributed by atoms with Gasteiger partial charge in [-0.1, -0.05) is 95.8 Å². The van der Waals surface area contributed by atoms with E-state index in [0.29, 0.717) is 35.7 Å². The number of hydrogen-bond acceptors (Lipinski definition) is 5. The zero-order valence-electron chi connectivity index (χ0n) is 25.2. The minimum atomic E-state index is -0.177. The molecule has 1 aliphatic rings. The molecule has 0 aromatic heterocycles. The summed E-state index contributed by atoms with van der Waals surface area (Å²) in [6, 6.07) is 13.0. The van der Waals surface area contributed by atoms with Gasteiger partial charge in [0.15, 0.2) is 5.78 Å². The molecule has 0 spiro atoms. The fourth-order valence-corrected chi connectivity index (χ4v) is 5.95. The minimum absolute atomic E-state index is 0. The highest BCUT2D eigenvalue weighted by Crippen LogP contribution is 2.27. The molecule has 7 heteroatoms. The minimum Gasteiger partial charge on any atom is -0.493 e. The average Bonchev–Trinajstić information content (AvgIpc) is 3.35. The first-order chi connectivity index (χ1) is 19.5. The van der Waals surface area contributed by atoms with Gasteiger partial charge in [0.2, 0.25) is 0 Å². The van der Waals surface area contributed by atoms with Crippen molar-refractivity contribution < 1.29 is 14.3 Å². The summed E-state index contributed by atoms with van der Waals surface area (Å²) in [6.07, 6.45) is 15.6. The van der Waals surface area contributed by atoms with E-state index in [4.69, 9.17) is 4.74 Å². The summed E-state index contributed by atoms with van der Waals surface area (Å²) in [5.41, 5.74) is 3.93. The van der Waals surface area contributed by atoms with Crippen molar-refractivity contribution in [3.63, 3.8) is 0 Å². The number of thioether (sulfide) groups is 1. The Morgan fingerprint density at radius 3 is 2.12 bits per heavy atom. The number of nitrogens with zero attached hydrogens (tertiary/aromatic N) is 1. The van der Waals surface area contributed by atoms with Gasteiger partial charge in [-0.2, -0.15) is 0 Å². The molecular weight excluding hydrogens is 596 g/mol. The van der Waals surface area contributed by atoms with Gasteiger partial charge in [-0.05, 0) is 55.5 Å². The quantitative estimate of drug-likeness (QED) is 0.122. The van der Waals surface area contributed by atoms with Gasteiger partial charge >= 0.3 is 0 Å². The van der Waals surface area contributed by atoms with E-state index in [-0.39, 0.29) is 28.7 Å². The van der Waals surface area contributed by atoms with Crippen molar-refractivity contribution in [1.29, 1.82) is 0 Å². The number of allylic oxidation sites excluding steroid dienone is 1. The lowest BCUT2D eigenvalue weighted by atomic mass is 10.1. The van der Waals surface area contributed by atoms with Crippen LogP contribution in [0.2, 0.25) is 0 Å². The van der Waals surface area contributed by atoms with Gasteiger partial charge in [-0.25, -0.2) is 0 Å². The first kappa shape index (κ1) is 34.9. The van der Waals surface area contributed by atoms with Gasteiger partial charge in [-0.3, -0.25) is 9.59 Å². The van der Waals surface area contributed by atoms with Gasteiger partial charge < -0.3 is 15.0 Å². The third kappa shape index (κ3) is 12.3. The molecule has 41 heavy (non-hydrogen) atoms. The van der Waals surface area contributed by atoms with Crippen LogP contribution in [0.1, 0.15) is 124 Å². The van der Waals surface area contributed by atoms with E-state index in [0.717, 1.165) is 24.3 Å². The van der Waals surface area contributed by atoms with Gasteiger partial charge in [0.25, 0.3) is 5.91 Å². The molecule has 1 aliphatic heterocycles. The summed E-state index contributed by atoms with van der Waals surface area (Å²) in [5, 5.41) is 5.14. The molecule has 0 radical (unpaired) electrons. The molecule has 1 N–H and O–H groups in total. The number of unbranched alkanes of at least 4 members (excludes halogenated alkanes) is 11. The molecule has 3 rings (SSSR count). The fourth-order valence-electron chi connectivity index (χ4n) is 5.01. The molecule has 5 nitrogen and oxygen atoms in total. The summed E-state index contributed by atoms with van der Waals surface area (Å²) in [5.74, 6) is 1.23. The maximum atomic E-state index is 13.2. The number of carbonyl (C=O) groups is 2. The largest absolute Gasteiger partial charge is 0.493 e. The Labute approximate surface area is 262 Å². The second-order valence-corrected chi connectivity index (χ2v) is 11.7.